The van der Waals surface area contributed by atoms with Gasteiger partial charge in [-0.15, -0.1) is 23.7 Å². The molecule has 6 nitrogen and oxygen atoms in total. The van der Waals surface area contributed by atoms with E-state index < -0.39 is 0 Å². The molecular weight excluding hydrogens is 322 g/mol. The molecule has 0 aliphatic carbocycles. The molecule has 8 heteroatoms. The molecule has 0 saturated heterocycles. The normalized spacial score (nSPS) is 14.8. The molecule has 120 valence electrons. The van der Waals surface area contributed by atoms with E-state index >= 15 is 0 Å². The largest absolute Gasteiger partial charge is 0.343 e. The molecule has 3 N–H and O–H groups in total. The minimum Gasteiger partial charge on any atom is -0.343 e. The third-order valence-electron chi connectivity index (χ3n) is 3.68. The molecule has 0 aromatic carbocycles. The lowest BCUT2D eigenvalue weighted by Crippen LogP contribution is -2.30. The van der Waals surface area contributed by atoms with Crippen LogP contribution in [0.1, 0.15) is 52.3 Å². The SMILES string of the molecule is CCc1nc(C(C)NC(=O)c2n[nH]c3c2CNCC3)cs1.Cl. The molecule has 22 heavy (non-hydrogen) atoms. The number of fused-ring (bicyclic) bond motifs is 1. The average Bonchev–Trinajstić information content (AvgIpc) is 3.14. The van der Waals surface area contributed by atoms with E-state index in [1.54, 1.807) is 11.3 Å². The van der Waals surface area contributed by atoms with E-state index in [2.05, 4.69) is 32.7 Å². The number of H-pyrrole nitrogens is 1. The highest BCUT2D eigenvalue weighted by Gasteiger charge is 2.23. The minimum absolute atomic E-state index is 0. The van der Waals surface area contributed by atoms with Crippen molar-refractivity contribution in [2.45, 2.75) is 39.3 Å². The van der Waals surface area contributed by atoms with Crippen molar-refractivity contribution in [3.63, 3.8) is 0 Å². The Hall–Kier alpha value is -1.44. The van der Waals surface area contributed by atoms with E-state index in [9.17, 15) is 4.79 Å². The zero-order valence-corrected chi connectivity index (χ0v) is 14.2. The van der Waals surface area contributed by atoms with Gasteiger partial charge in [-0.1, -0.05) is 6.92 Å². The fraction of sp³-hybridized carbons (Fsp3) is 0.500. The number of aromatic nitrogens is 3. The van der Waals surface area contributed by atoms with E-state index in [-0.39, 0.29) is 24.4 Å². The molecule has 0 spiro atoms. The number of nitrogens with one attached hydrogen (secondary N) is 3. The monoisotopic (exact) mass is 341 g/mol. The molecule has 1 unspecified atom stereocenters. The van der Waals surface area contributed by atoms with Gasteiger partial charge in [0.2, 0.25) is 0 Å². The van der Waals surface area contributed by atoms with Gasteiger partial charge in [0.15, 0.2) is 5.69 Å². The minimum atomic E-state index is -0.144. The fourth-order valence-electron chi connectivity index (χ4n) is 2.44. The first-order valence-electron chi connectivity index (χ1n) is 7.21. The lowest BCUT2D eigenvalue weighted by Gasteiger charge is -2.14. The van der Waals surface area contributed by atoms with Gasteiger partial charge in [0.25, 0.3) is 5.91 Å². The summed E-state index contributed by atoms with van der Waals surface area (Å²) in [6, 6.07) is -0.113. The summed E-state index contributed by atoms with van der Waals surface area (Å²) in [6.07, 6.45) is 1.81. The van der Waals surface area contributed by atoms with Gasteiger partial charge in [0.1, 0.15) is 0 Å². The Balaban J connectivity index is 0.00000176. The molecule has 1 aliphatic rings. The van der Waals surface area contributed by atoms with E-state index in [0.29, 0.717) is 12.2 Å². The van der Waals surface area contributed by atoms with Crippen molar-refractivity contribution in [2.24, 2.45) is 0 Å². The summed E-state index contributed by atoms with van der Waals surface area (Å²) in [6.45, 7) is 5.64. The van der Waals surface area contributed by atoms with E-state index in [1.807, 2.05) is 12.3 Å². The van der Waals surface area contributed by atoms with Gasteiger partial charge >= 0.3 is 0 Å². The number of halogens is 1. The van der Waals surface area contributed by atoms with Crippen LogP contribution in [0.15, 0.2) is 5.38 Å². The quantitative estimate of drug-likeness (QED) is 0.794. The topological polar surface area (TPSA) is 82.7 Å². The number of rotatable bonds is 4. The first kappa shape index (κ1) is 16.9. The summed E-state index contributed by atoms with van der Waals surface area (Å²) >= 11 is 1.63. The first-order chi connectivity index (χ1) is 10.2. The molecule has 0 fully saturated rings. The van der Waals surface area contributed by atoms with E-state index in [4.69, 9.17) is 0 Å². The molecule has 0 bridgehead atoms. The van der Waals surface area contributed by atoms with Crippen LogP contribution < -0.4 is 10.6 Å². The lowest BCUT2D eigenvalue weighted by molar-refractivity contribution is 0.0933. The summed E-state index contributed by atoms with van der Waals surface area (Å²) in [5.41, 5.74) is 3.45. The van der Waals surface area contributed by atoms with Crippen LogP contribution in [0.2, 0.25) is 0 Å². The van der Waals surface area contributed by atoms with Crippen molar-refractivity contribution >= 4 is 29.7 Å². The summed E-state index contributed by atoms with van der Waals surface area (Å²) in [4.78, 5) is 16.9. The molecule has 3 heterocycles. The molecule has 0 saturated carbocycles. The van der Waals surface area contributed by atoms with Gasteiger partial charge in [-0.25, -0.2) is 4.98 Å². The van der Waals surface area contributed by atoms with Gasteiger partial charge in [0.05, 0.1) is 16.7 Å². The number of aryl methyl sites for hydroxylation is 1. The third-order valence-corrected chi connectivity index (χ3v) is 4.70. The van der Waals surface area contributed by atoms with Crippen molar-refractivity contribution in [3.8, 4) is 0 Å². The predicted molar refractivity (Wildman–Crippen MR) is 88.6 cm³/mol. The third kappa shape index (κ3) is 3.31. The Morgan fingerprint density at radius 1 is 1.55 bits per heavy atom. The number of amides is 1. The van der Waals surface area contributed by atoms with Gasteiger partial charge < -0.3 is 10.6 Å². The average molecular weight is 342 g/mol. The van der Waals surface area contributed by atoms with Crippen LogP contribution >= 0.6 is 23.7 Å². The number of hydrogen-bond donors (Lipinski definition) is 3. The number of nitrogens with zero attached hydrogens (tertiary/aromatic N) is 2. The van der Waals surface area contributed by atoms with Crippen molar-refractivity contribution in [1.29, 1.82) is 0 Å². The van der Waals surface area contributed by atoms with Crippen LogP contribution in [0.5, 0.6) is 0 Å². The molecule has 2 aromatic rings. The fourth-order valence-corrected chi connectivity index (χ4v) is 3.28. The van der Waals surface area contributed by atoms with Crippen molar-refractivity contribution in [2.75, 3.05) is 6.54 Å². The standard InChI is InChI=1S/C14H19N5OS.ClH/c1-3-12-17-11(7-21-12)8(2)16-14(20)13-9-6-15-5-4-10(9)18-19-13;/h7-8,15H,3-6H2,1-2H3,(H,16,20)(H,18,19);1H. The number of carbonyl (C=O) groups is 1. The molecule has 1 atom stereocenters. The smallest absolute Gasteiger partial charge is 0.272 e. The Kier molecular flexibility index (Phi) is 5.55. The van der Waals surface area contributed by atoms with Gasteiger partial charge in [-0.05, 0) is 13.3 Å². The van der Waals surface area contributed by atoms with Crippen LogP contribution in [0.25, 0.3) is 0 Å². The lowest BCUT2D eigenvalue weighted by atomic mass is 10.1. The molecule has 1 amide bonds. The van der Waals surface area contributed by atoms with Gasteiger partial charge in [-0.3, -0.25) is 9.89 Å². The highest BCUT2D eigenvalue weighted by Crippen LogP contribution is 2.19. The van der Waals surface area contributed by atoms with Crippen LogP contribution in [-0.4, -0.2) is 27.6 Å². The summed E-state index contributed by atoms with van der Waals surface area (Å²) < 4.78 is 0. The second kappa shape index (κ2) is 7.21. The number of aromatic amines is 1. The maximum atomic E-state index is 12.4. The molecule has 0 radical (unpaired) electrons. The Bertz CT molecular complexity index is 653. The number of thiazole rings is 1. The maximum absolute atomic E-state index is 12.4. The molecule has 2 aromatic heterocycles. The Morgan fingerprint density at radius 3 is 3.09 bits per heavy atom. The maximum Gasteiger partial charge on any atom is 0.272 e. The van der Waals surface area contributed by atoms with Crippen molar-refractivity contribution in [3.05, 3.63) is 33.0 Å². The van der Waals surface area contributed by atoms with E-state index in [1.165, 1.54) is 0 Å². The Labute approximate surface area is 139 Å². The van der Waals surface area contributed by atoms with E-state index in [0.717, 1.165) is 41.3 Å². The second-order valence-electron chi connectivity index (χ2n) is 5.17. The van der Waals surface area contributed by atoms with Crippen molar-refractivity contribution in [1.82, 2.24) is 25.8 Å². The van der Waals surface area contributed by atoms with Crippen LogP contribution in [0.4, 0.5) is 0 Å². The van der Waals surface area contributed by atoms with Gasteiger partial charge in [0, 0.05) is 36.1 Å². The summed E-state index contributed by atoms with van der Waals surface area (Å²) in [5, 5.41) is 16.5. The Morgan fingerprint density at radius 2 is 2.36 bits per heavy atom. The summed E-state index contributed by atoms with van der Waals surface area (Å²) in [5.74, 6) is -0.144. The first-order valence-corrected chi connectivity index (χ1v) is 8.09. The highest BCUT2D eigenvalue weighted by atomic mass is 35.5. The second-order valence-corrected chi connectivity index (χ2v) is 6.11. The molecule has 1 aliphatic heterocycles. The zero-order chi connectivity index (χ0) is 14.8. The summed E-state index contributed by atoms with van der Waals surface area (Å²) in [7, 11) is 0. The van der Waals surface area contributed by atoms with Gasteiger partial charge in [-0.2, -0.15) is 5.10 Å². The predicted octanol–water partition coefficient (Wildman–Crippen LogP) is 1.99. The molecule has 3 rings (SSSR count). The highest BCUT2D eigenvalue weighted by molar-refractivity contribution is 7.09. The van der Waals surface area contributed by atoms with Crippen molar-refractivity contribution < 1.29 is 4.79 Å². The van der Waals surface area contributed by atoms with Crippen LogP contribution in [0.3, 0.4) is 0 Å². The number of carbonyl (C=O) groups excluding carboxylic acids is 1. The zero-order valence-electron chi connectivity index (χ0n) is 12.6. The van der Waals surface area contributed by atoms with Crippen LogP contribution in [-0.2, 0) is 19.4 Å². The molecular formula is C14H20ClN5OS. The van der Waals surface area contributed by atoms with Crippen LogP contribution in [0, 0.1) is 0 Å². The number of hydrogen-bond acceptors (Lipinski definition) is 5.